The van der Waals surface area contributed by atoms with E-state index in [0.29, 0.717) is 78.6 Å². The maximum absolute atomic E-state index is 15.1. The molecule has 78 heavy (non-hydrogen) atoms. The van der Waals surface area contributed by atoms with Gasteiger partial charge in [-0.2, -0.15) is 63.2 Å². The fourth-order valence-corrected chi connectivity index (χ4v) is 10.7. The van der Waals surface area contributed by atoms with E-state index in [2.05, 4.69) is 30.3 Å². The van der Waals surface area contributed by atoms with E-state index in [1.807, 2.05) is 28.8 Å². The van der Waals surface area contributed by atoms with Crippen LogP contribution in [0, 0.1) is 79.3 Å². The number of para-hydroxylation sites is 2. The van der Waals surface area contributed by atoms with Crippen LogP contribution < -0.4 is 0 Å². The van der Waals surface area contributed by atoms with Crippen LogP contribution in [0.2, 0.25) is 0 Å². The number of nitriles is 7. The maximum Gasteiger partial charge on any atom is 0.417 e. The molecule has 0 atom stereocenters. The summed E-state index contributed by atoms with van der Waals surface area (Å²) in [6, 6.07) is 55.4. The molecule has 0 aliphatic rings. The van der Waals surface area contributed by atoms with E-state index in [9.17, 15) is 36.8 Å². The minimum absolute atomic E-state index is 0.000411. The van der Waals surface area contributed by atoms with Crippen molar-refractivity contribution in [3.63, 3.8) is 0 Å². The molecule has 0 unspecified atom stereocenters. The molecule has 0 bridgehead atoms. The predicted octanol–water partition coefficient (Wildman–Crippen LogP) is 15.7. The molecule has 0 aliphatic carbocycles. The lowest BCUT2D eigenvalue weighted by molar-refractivity contribution is -0.142. The van der Waals surface area contributed by atoms with Crippen molar-refractivity contribution in [3.8, 4) is 98.4 Å². The number of nitrogens with zero attached hydrogens (tertiary/aromatic N) is 9. The molecule has 366 valence electrons. The first-order valence-electron chi connectivity index (χ1n) is 23.5. The van der Waals surface area contributed by atoms with Crippen LogP contribution in [0.3, 0.4) is 0 Å². The minimum atomic E-state index is -5.25. The van der Waals surface area contributed by atoms with Gasteiger partial charge in [0, 0.05) is 49.4 Å². The largest absolute Gasteiger partial charge is 0.417 e. The molecule has 0 aliphatic heterocycles. The predicted molar refractivity (Wildman–Crippen MR) is 280 cm³/mol. The number of hydrogen-bond acceptors (Lipinski definition) is 7. The van der Waals surface area contributed by atoms with Gasteiger partial charge in [0.25, 0.3) is 0 Å². The molecule has 0 radical (unpaired) electrons. The second kappa shape index (κ2) is 18.5. The van der Waals surface area contributed by atoms with Crippen molar-refractivity contribution in [2.45, 2.75) is 12.4 Å². The van der Waals surface area contributed by atoms with Crippen LogP contribution in [0.15, 0.2) is 164 Å². The lowest BCUT2D eigenvalue weighted by Gasteiger charge is -2.23. The van der Waals surface area contributed by atoms with Gasteiger partial charge < -0.3 is 9.13 Å². The first-order valence-corrected chi connectivity index (χ1v) is 23.5. The first-order chi connectivity index (χ1) is 37.6. The Labute approximate surface area is 438 Å². The highest BCUT2D eigenvalue weighted by molar-refractivity contribution is 6.13. The van der Waals surface area contributed by atoms with Crippen LogP contribution in [0.1, 0.15) is 50.1 Å². The van der Waals surface area contributed by atoms with Gasteiger partial charge >= 0.3 is 12.4 Å². The molecule has 0 N–H and O–H groups in total. The monoisotopic (exact) mass is 1020 g/mol. The average molecular weight is 1020 g/mol. The van der Waals surface area contributed by atoms with Gasteiger partial charge in [0.2, 0.25) is 0 Å². The quantitative estimate of drug-likeness (QED) is 0.149. The van der Waals surface area contributed by atoms with Crippen LogP contribution in [-0.2, 0) is 12.4 Å². The molecule has 0 saturated carbocycles. The number of aromatic nitrogens is 2. The van der Waals surface area contributed by atoms with E-state index >= 15 is 26.3 Å². The SMILES string of the molecule is N#Cc1cc(C#N)c(-c2ccc3c(c2)c2ccccc2n3-c2ccc(-c3c(C(F)(F)F)cccc3C(F)(F)F)cc2-c2c(C#N)cccc2-n2c3ccccc3c3cc(-c4c(C#N)cc(C#N)cc4C#N)ccc32)c(C#N)c1. The molecular weight excluding hydrogens is 997 g/mol. The molecule has 15 heteroatoms. The summed E-state index contributed by atoms with van der Waals surface area (Å²) in [5.74, 6) is 0. The fraction of sp³-hybridized carbons (Fsp3) is 0.0317. The zero-order valence-electron chi connectivity index (χ0n) is 39.9. The average Bonchev–Trinajstić information content (AvgIpc) is 4.03. The summed E-state index contributed by atoms with van der Waals surface area (Å²) < 4.78 is 94.1. The van der Waals surface area contributed by atoms with Crippen molar-refractivity contribution < 1.29 is 26.3 Å². The highest BCUT2D eigenvalue weighted by Gasteiger charge is 2.41. The van der Waals surface area contributed by atoms with Crippen molar-refractivity contribution in [1.29, 1.82) is 36.8 Å². The molecular formula is C63H27F6N9. The van der Waals surface area contributed by atoms with Gasteiger partial charge in [-0.25, -0.2) is 0 Å². The van der Waals surface area contributed by atoms with Gasteiger partial charge in [-0.15, -0.1) is 0 Å². The van der Waals surface area contributed by atoms with Crippen molar-refractivity contribution in [3.05, 3.63) is 214 Å². The van der Waals surface area contributed by atoms with Crippen molar-refractivity contribution in [1.82, 2.24) is 9.13 Å². The Morgan fingerprint density at radius 3 is 1.14 bits per heavy atom. The first kappa shape index (κ1) is 48.8. The molecule has 9 aromatic carbocycles. The third-order valence-electron chi connectivity index (χ3n) is 13.8. The highest BCUT2D eigenvalue weighted by Crippen LogP contribution is 2.49. The van der Waals surface area contributed by atoms with E-state index in [0.717, 1.165) is 0 Å². The fourth-order valence-electron chi connectivity index (χ4n) is 10.7. The standard InChI is InChI=1S/C63H27F6N9/c64-62(65,66)50-10-6-11-51(63(67,68)69)61(50)39-17-20-56(77-52-12-3-1-8-45(52)47-25-37(15-18-54(47)77)58-41(31-73)21-35(28-70)22-42(58)32-74)49(27-39)60-40(30-72)7-5-14-57(60)78-53-13-4-2-9-46(53)48-26-38(16-19-55(48)78)59-43(33-75)23-36(29-71)24-44(59)34-76/h1-27H. The van der Waals surface area contributed by atoms with Crippen molar-refractivity contribution in [2.75, 3.05) is 0 Å². The summed E-state index contributed by atoms with van der Waals surface area (Å²) in [7, 11) is 0. The van der Waals surface area contributed by atoms with Gasteiger partial charge in [0.15, 0.2) is 0 Å². The number of benzene rings is 9. The van der Waals surface area contributed by atoms with Crippen LogP contribution >= 0.6 is 0 Å². The Morgan fingerprint density at radius 1 is 0.308 bits per heavy atom. The Kier molecular flexibility index (Phi) is 11.6. The number of rotatable bonds is 6. The van der Waals surface area contributed by atoms with Gasteiger partial charge in [0.1, 0.15) is 0 Å². The minimum Gasteiger partial charge on any atom is -0.309 e. The van der Waals surface area contributed by atoms with Gasteiger partial charge in [-0.1, -0.05) is 66.7 Å². The van der Waals surface area contributed by atoms with Gasteiger partial charge in [-0.05, 0) is 114 Å². The summed E-state index contributed by atoms with van der Waals surface area (Å²) >= 11 is 0. The van der Waals surface area contributed by atoms with E-state index < -0.39 is 34.6 Å². The molecule has 11 rings (SSSR count). The van der Waals surface area contributed by atoms with E-state index in [4.69, 9.17) is 0 Å². The Balaban J connectivity index is 1.26. The summed E-state index contributed by atoms with van der Waals surface area (Å²) in [4.78, 5) is 0. The van der Waals surface area contributed by atoms with E-state index in [1.165, 1.54) is 48.5 Å². The molecule has 0 fully saturated rings. The van der Waals surface area contributed by atoms with Crippen LogP contribution in [0.25, 0.3) is 99.5 Å². The van der Waals surface area contributed by atoms with Crippen molar-refractivity contribution in [2.24, 2.45) is 0 Å². The van der Waals surface area contributed by atoms with Gasteiger partial charge in [0.05, 0.1) is 126 Å². The molecule has 0 saturated heterocycles. The molecule has 2 aromatic heterocycles. The van der Waals surface area contributed by atoms with E-state index in [-0.39, 0.29) is 66.9 Å². The maximum atomic E-state index is 15.1. The smallest absolute Gasteiger partial charge is 0.309 e. The second-order valence-corrected chi connectivity index (χ2v) is 18.0. The second-order valence-electron chi connectivity index (χ2n) is 18.0. The lowest BCUT2D eigenvalue weighted by atomic mass is 9.89. The Morgan fingerprint density at radius 2 is 0.705 bits per heavy atom. The van der Waals surface area contributed by atoms with Gasteiger partial charge in [-0.3, -0.25) is 0 Å². The molecule has 2 heterocycles. The number of alkyl halides is 6. The Bertz CT molecular complexity index is 4650. The number of fused-ring (bicyclic) bond motifs is 6. The topological polar surface area (TPSA) is 176 Å². The zero-order chi connectivity index (χ0) is 54.8. The molecule has 0 amide bonds. The molecule has 11 aromatic rings. The number of hydrogen-bond donors (Lipinski definition) is 0. The summed E-state index contributed by atoms with van der Waals surface area (Å²) in [6.07, 6.45) is -10.5. The summed E-state index contributed by atoms with van der Waals surface area (Å²) in [6.45, 7) is 0. The molecule has 0 spiro atoms. The van der Waals surface area contributed by atoms with Crippen LogP contribution in [0.4, 0.5) is 26.3 Å². The summed E-state index contributed by atoms with van der Waals surface area (Å²) in [5.41, 5.74) is 0.186. The molecule has 9 nitrogen and oxygen atoms in total. The number of halogens is 6. The third kappa shape index (κ3) is 7.75. The lowest BCUT2D eigenvalue weighted by Crippen LogP contribution is -2.14. The zero-order valence-corrected chi connectivity index (χ0v) is 39.9. The Hall–Kier alpha value is -11.4. The summed E-state index contributed by atoms with van der Waals surface area (Å²) in [5, 5.41) is 73.9. The highest BCUT2D eigenvalue weighted by atomic mass is 19.4. The van der Waals surface area contributed by atoms with Crippen molar-refractivity contribution >= 4 is 43.6 Å². The normalized spacial score (nSPS) is 11.4. The van der Waals surface area contributed by atoms with E-state index in [1.54, 1.807) is 89.5 Å². The third-order valence-corrected chi connectivity index (χ3v) is 13.8. The van der Waals surface area contributed by atoms with Crippen LogP contribution in [0.5, 0.6) is 0 Å². The van der Waals surface area contributed by atoms with Crippen LogP contribution in [-0.4, -0.2) is 9.13 Å².